The molecule has 0 spiro atoms. The van der Waals surface area contributed by atoms with Crippen LogP contribution in [-0.2, 0) is 33.8 Å². The molecule has 0 fully saturated rings. The van der Waals surface area contributed by atoms with Gasteiger partial charge in [0.05, 0.1) is 0 Å². The summed E-state index contributed by atoms with van der Waals surface area (Å²) in [5, 5.41) is 9.32. The molecule has 9 heteroatoms. The fourth-order valence-corrected chi connectivity index (χ4v) is 4.77. The maximum Gasteiger partial charge on any atom is 0.408 e. The largest absolute Gasteiger partial charge is 0.445 e. The first-order valence-corrected chi connectivity index (χ1v) is 12.7. The Kier molecular flexibility index (Phi) is 8.85. The van der Waals surface area contributed by atoms with Crippen molar-refractivity contribution >= 4 is 40.0 Å². The van der Waals surface area contributed by atoms with Crippen molar-refractivity contribution in [3.63, 3.8) is 0 Å². The molecule has 0 saturated heterocycles. The summed E-state index contributed by atoms with van der Waals surface area (Å²) in [5.41, 5.74) is 3.81. The summed E-state index contributed by atoms with van der Waals surface area (Å²) in [7, 11) is 0. The number of carbonyl (C=O) groups is 3. The van der Waals surface area contributed by atoms with Crippen LogP contribution in [0.15, 0.2) is 90.3 Å². The van der Waals surface area contributed by atoms with E-state index in [0.717, 1.165) is 26.8 Å². The van der Waals surface area contributed by atoms with E-state index in [4.69, 9.17) is 10.6 Å². The number of nitrogens with one attached hydrogen (secondary N) is 3. The molecule has 8 nitrogen and oxygen atoms in total. The average molecular weight is 517 g/mol. The smallest absolute Gasteiger partial charge is 0.408 e. The van der Waals surface area contributed by atoms with E-state index in [1.165, 1.54) is 11.3 Å². The first kappa shape index (κ1) is 25.9. The van der Waals surface area contributed by atoms with Gasteiger partial charge in [-0.3, -0.25) is 15.0 Å². The number of hydrogen-bond acceptors (Lipinski definition) is 6. The topological polar surface area (TPSA) is 123 Å². The fourth-order valence-electron chi connectivity index (χ4n) is 4.02. The van der Waals surface area contributed by atoms with Crippen LogP contribution in [0.4, 0.5) is 4.79 Å². The standard InChI is InChI=1S/C28H28N4O4S/c29-32-27(34)25(17-22-13-7-15-37-22)30-26(33)24(31-28(35)36-18-19-8-2-1-3-9-19)16-21-12-6-11-20-10-4-5-14-23(20)21/h1-15,24-25H,16-18,29H2,(H,30,33)(H,31,35)(H,32,34). The lowest BCUT2D eigenvalue weighted by Gasteiger charge is -2.23. The molecule has 37 heavy (non-hydrogen) atoms. The monoisotopic (exact) mass is 516 g/mol. The van der Waals surface area contributed by atoms with Crippen molar-refractivity contribution in [2.24, 2.45) is 5.84 Å². The summed E-state index contributed by atoms with van der Waals surface area (Å²) in [6, 6.07) is 24.7. The van der Waals surface area contributed by atoms with Crippen molar-refractivity contribution < 1.29 is 19.1 Å². The summed E-state index contributed by atoms with van der Waals surface area (Å²) in [5.74, 6) is 4.33. The number of nitrogens with two attached hydrogens (primary N) is 1. The van der Waals surface area contributed by atoms with Gasteiger partial charge in [0, 0.05) is 17.7 Å². The molecule has 5 N–H and O–H groups in total. The van der Waals surface area contributed by atoms with Crippen molar-refractivity contribution in [1.29, 1.82) is 0 Å². The highest BCUT2D eigenvalue weighted by Gasteiger charge is 2.28. The van der Waals surface area contributed by atoms with Gasteiger partial charge in [0.1, 0.15) is 18.7 Å². The van der Waals surface area contributed by atoms with Crippen LogP contribution in [0, 0.1) is 0 Å². The lowest BCUT2D eigenvalue weighted by molar-refractivity contribution is -0.130. The number of alkyl carbamates (subject to hydrolysis) is 1. The molecule has 1 aromatic heterocycles. The maximum absolute atomic E-state index is 13.5. The summed E-state index contributed by atoms with van der Waals surface area (Å²) in [6.07, 6.45) is -0.266. The van der Waals surface area contributed by atoms with E-state index in [0.29, 0.717) is 0 Å². The molecule has 0 aliphatic rings. The van der Waals surface area contributed by atoms with Crippen LogP contribution < -0.4 is 21.9 Å². The molecule has 0 bridgehead atoms. The number of hydrogen-bond donors (Lipinski definition) is 4. The average Bonchev–Trinajstić information content (AvgIpc) is 3.44. The molecular weight excluding hydrogens is 488 g/mol. The number of benzene rings is 3. The molecule has 3 aromatic carbocycles. The van der Waals surface area contributed by atoms with Crippen LogP contribution in [0.5, 0.6) is 0 Å². The Morgan fingerprint density at radius 3 is 2.27 bits per heavy atom. The van der Waals surface area contributed by atoms with Gasteiger partial charge in [0.2, 0.25) is 5.91 Å². The zero-order valence-corrected chi connectivity index (χ0v) is 20.9. The predicted molar refractivity (Wildman–Crippen MR) is 143 cm³/mol. The van der Waals surface area contributed by atoms with Gasteiger partial charge in [-0.25, -0.2) is 10.6 Å². The van der Waals surface area contributed by atoms with E-state index in [2.05, 4.69) is 16.1 Å². The first-order chi connectivity index (χ1) is 18.0. The minimum Gasteiger partial charge on any atom is -0.445 e. The number of ether oxygens (including phenoxy) is 1. The van der Waals surface area contributed by atoms with Crippen molar-refractivity contribution in [1.82, 2.24) is 16.1 Å². The third-order valence-electron chi connectivity index (χ3n) is 5.89. The molecule has 0 saturated carbocycles. The van der Waals surface area contributed by atoms with Crippen LogP contribution in [0.25, 0.3) is 10.8 Å². The molecular formula is C28H28N4O4S. The number of rotatable bonds is 10. The molecule has 190 valence electrons. The van der Waals surface area contributed by atoms with Crippen LogP contribution in [-0.4, -0.2) is 30.0 Å². The Bertz CT molecular complexity index is 1340. The molecule has 2 atom stereocenters. The van der Waals surface area contributed by atoms with E-state index in [1.807, 2.05) is 90.3 Å². The van der Waals surface area contributed by atoms with Crippen LogP contribution >= 0.6 is 11.3 Å². The van der Waals surface area contributed by atoms with Crippen LogP contribution in [0.3, 0.4) is 0 Å². The highest BCUT2D eigenvalue weighted by atomic mass is 32.1. The normalized spacial score (nSPS) is 12.4. The van der Waals surface area contributed by atoms with Crippen molar-refractivity contribution in [3.05, 3.63) is 106 Å². The van der Waals surface area contributed by atoms with Gasteiger partial charge < -0.3 is 15.4 Å². The van der Waals surface area contributed by atoms with Crippen LogP contribution in [0.2, 0.25) is 0 Å². The second-order valence-corrected chi connectivity index (χ2v) is 9.49. The van der Waals surface area contributed by atoms with Gasteiger partial charge in [0.25, 0.3) is 5.91 Å². The fraction of sp³-hybridized carbons (Fsp3) is 0.179. The molecule has 1 heterocycles. The first-order valence-electron chi connectivity index (χ1n) is 11.8. The van der Waals surface area contributed by atoms with Crippen molar-refractivity contribution in [2.45, 2.75) is 31.5 Å². The Morgan fingerprint density at radius 1 is 0.784 bits per heavy atom. The second kappa shape index (κ2) is 12.7. The predicted octanol–water partition coefficient (Wildman–Crippen LogP) is 3.46. The Labute approximate surface area is 218 Å². The minimum atomic E-state index is -0.995. The number of fused-ring (bicyclic) bond motifs is 1. The number of thiophene rings is 1. The van der Waals surface area contributed by atoms with E-state index >= 15 is 0 Å². The maximum atomic E-state index is 13.5. The SMILES string of the molecule is NNC(=O)C(Cc1cccs1)NC(=O)C(Cc1cccc2ccccc12)NC(=O)OCc1ccccc1. The van der Waals surface area contributed by atoms with E-state index < -0.39 is 30.0 Å². The molecule has 4 rings (SSSR count). The van der Waals surface area contributed by atoms with E-state index in [-0.39, 0.29) is 19.4 Å². The molecule has 4 aromatic rings. The zero-order valence-electron chi connectivity index (χ0n) is 20.1. The Morgan fingerprint density at radius 2 is 1.51 bits per heavy atom. The molecule has 0 aliphatic carbocycles. The number of carbonyl (C=O) groups excluding carboxylic acids is 3. The van der Waals surface area contributed by atoms with Gasteiger partial charge in [-0.2, -0.15) is 0 Å². The third kappa shape index (κ3) is 7.16. The van der Waals surface area contributed by atoms with Gasteiger partial charge in [-0.15, -0.1) is 11.3 Å². The summed E-state index contributed by atoms with van der Waals surface area (Å²) >= 11 is 1.47. The quantitative estimate of drug-likeness (QED) is 0.146. The lowest BCUT2D eigenvalue weighted by atomic mass is 9.98. The number of hydrazine groups is 1. The Hall–Kier alpha value is -4.21. The van der Waals surface area contributed by atoms with Gasteiger partial charge >= 0.3 is 6.09 Å². The molecule has 0 radical (unpaired) electrons. The van der Waals surface area contributed by atoms with E-state index in [1.54, 1.807) is 0 Å². The van der Waals surface area contributed by atoms with Crippen LogP contribution in [0.1, 0.15) is 16.0 Å². The van der Waals surface area contributed by atoms with Gasteiger partial charge in [-0.05, 0) is 33.3 Å². The van der Waals surface area contributed by atoms with E-state index in [9.17, 15) is 14.4 Å². The number of amides is 3. The second-order valence-electron chi connectivity index (χ2n) is 8.45. The zero-order chi connectivity index (χ0) is 26.0. The van der Waals surface area contributed by atoms with Gasteiger partial charge in [0.15, 0.2) is 0 Å². The molecule has 0 aliphatic heterocycles. The lowest BCUT2D eigenvalue weighted by Crippen LogP contribution is -2.56. The summed E-state index contributed by atoms with van der Waals surface area (Å²) in [4.78, 5) is 39.5. The van der Waals surface area contributed by atoms with Crippen molar-refractivity contribution in [3.8, 4) is 0 Å². The summed E-state index contributed by atoms with van der Waals surface area (Å²) in [6.45, 7) is 0.0614. The van der Waals surface area contributed by atoms with Crippen molar-refractivity contribution in [2.75, 3.05) is 0 Å². The third-order valence-corrected chi connectivity index (χ3v) is 6.78. The minimum absolute atomic E-state index is 0.0614. The Balaban J connectivity index is 1.53. The highest BCUT2D eigenvalue weighted by molar-refractivity contribution is 7.09. The molecule has 3 amide bonds. The van der Waals surface area contributed by atoms with Gasteiger partial charge in [-0.1, -0.05) is 78.9 Å². The summed E-state index contributed by atoms with van der Waals surface area (Å²) < 4.78 is 5.37. The molecule has 2 unspecified atom stereocenters. The highest BCUT2D eigenvalue weighted by Crippen LogP contribution is 2.20.